The molecule has 0 spiro atoms. The number of carboxylic acids is 1. The third-order valence-corrected chi connectivity index (χ3v) is 12.0. The Balaban J connectivity index is 1.72. The lowest BCUT2D eigenvalue weighted by atomic mass is 9.98. The zero-order chi connectivity index (χ0) is 24.0. The van der Waals surface area contributed by atoms with E-state index in [0.29, 0.717) is 13.1 Å². The number of aliphatic hydroxyl groups excluding tert-OH is 1. The number of rotatable bonds is 6. The van der Waals surface area contributed by atoms with Gasteiger partial charge in [0.15, 0.2) is 0 Å². The van der Waals surface area contributed by atoms with Crippen LogP contribution in [0.15, 0.2) is 30.3 Å². The summed E-state index contributed by atoms with van der Waals surface area (Å²) in [5, 5.41) is 19.5. The molecule has 4 rings (SSSR count). The van der Waals surface area contributed by atoms with Gasteiger partial charge in [0, 0.05) is 24.4 Å². The summed E-state index contributed by atoms with van der Waals surface area (Å²) in [6, 6.07) is 8.09. The molecule has 0 aromatic heterocycles. The molecule has 0 saturated carbocycles. The fraction of sp³-hybridized carbons (Fsp3) is 0.565. The molecule has 3 saturated heterocycles. The van der Waals surface area contributed by atoms with Gasteiger partial charge in [-0.2, -0.15) is 0 Å². The molecule has 1 unspecified atom stereocenters. The normalized spacial score (nSPS) is 29.7. The average molecular weight is 478 g/mol. The van der Waals surface area contributed by atoms with E-state index in [9.17, 15) is 29.4 Å². The number of carbonyl (C=O) groups excluding carboxylic acids is 3. The number of nitrogens with zero attached hydrogens (tertiary/aromatic N) is 3. The van der Waals surface area contributed by atoms with Gasteiger partial charge < -0.3 is 24.9 Å². The monoisotopic (exact) mass is 477 g/mol. The van der Waals surface area contributed by atoms with E-state index in [2.05, 4.69) is 0 Å². The van der Waals surface area contributed by atoms with Gasteiger partial charge in [0.05, 0.1) is 17.7 Å². The van der Waals surface area contributed by atoms with Crippen LogP contribution >= 0.6 is 10.0 Å². The number of likely N-dealkylation sites (tertiary alicyclic amines) is 1. The zero-order valence-electron chi connectivity index (χ0n) is 19.0. The van der Waals surface area contributed by atoms with Gasteiger partial charge in [-0.15, -0.1) is 10.0 Å². The number of fused-ring (bicyclic) bond motifs is 1. The first-order chi connectivity index (χ1) is 15.6. The van der Waals surface area contributed by atoms with Crippen LogP contribution in [0.3, 0.4) is 0 Å². The molecule has 1 aromatic rings. The third-order valence-electron chi connectivity index (χ3n) is 7.30. The first-order valence-electron chi connectivity index (χ1n) is 11.2. The summed E-state index contributed by atoms with van der Waals surface area (Å²) in [5.74, 6) is -2.19. The number of aliphatic carboxylic acids is 1. The molecule has 3 amide bonds. The van der Waals surface area contributed by atoms with Crippen molar-refractivity contribution in [1.29, 1.82) is 0 Å². The standard InChI is InChI=1S/C23H31N3O6S/c1-23(2)20(21(30)31)26-17(28)12-19(26)33(23,15-27)22(32)25(13-16-8-4-3-5-9-16)14-18(29)24-10-6-7-11-24/h3-5,8-9,19-20,27H,6-7,10-15H2,1-2H3,(H,30,31)/t19-,20+/m1/s1. The Morgan fingerprint density at radius 2 is 1.79 bits per heavy atom. The second-order valence-electron chi connectivity index (χ2n) is 9.42. The second kappa shape index (κ2) is 8.64. The van der Waals surface area contributed by atoms with Gasteiger partial charge in [-0.05, 0) is 32.3 Å². The molecule has 0 aliphatic carbocycles. The number of benzene rings is 1. The van der Waals surface area contributed by atoms with Crippen molar-refractivity contribution in [2.75, 3.05) is 25.6 Å². The quantitative estimate of drug-likeness (QED) is 0.603. The molecular weight excluding hydrogens is 446 g/mol. The molecule has 1 aromatic carbocycles. The van der Waals surface area contributed by atoms with Gasteiger partial charge in [0.25, 0.3) is 5.24 Å². The van der Waals surface area contributed by atoms with Crippen molar-refractivity contribution in [3.8, 4) is 0 Å². The summed E-state index contributed by atoms with van der Waals surface area (Å²) in [6.45, 7) is 4.65. The van der Waals surface area contributed by atoms with E-state index >= 15 is 0 Å². The van der Waals surface area contributed by atoms with Crippen molar-refractivity contribution >= 4 is 33.1 Å². The lowest BCUT2D eigenvalue weighted by Crippen LogP contribution is -2.57. The number of aliphatic hydroxyl groups is 1. The van der Waals surface area contributed by atoms with E-state index in [0.717, 1.165) is 18.4 Å². The molecule has 9 nitrogen and oxygen atoms in total. The van der Waals surface area contributed by atoms with Crippen LogP contribution in [0.4, 0.5) is 4.79 Å². The van der Waals surface area contributed by atoms with Crippen LogP contribution in [0.2, 0.25) is 0 Å². The Morgan fingerprint density at radius 1 is 1.15 bits per heavy atom. The second-order valence-corrected chi connectivity index (χ2v) is 13.2. The first kappa shape index (κ1) is 23.6. The zero-order valence-corrected chi connectivity index (χ0v) is 19.8. The third kappa shape index (κ3) is 3.59. The molecule has 3 fully saturated rings. The van der Waals surface area contributed by atoms with Gasteiger partial charge in [-0.3, -0.25) is 14.4 Å². The smallest absolute Gasteiger partial charge is 0.327 e. The van der Waals surface area contributed by atoms with E-state index in [-0.39, 0.29) is 31.3 Å². The summed E-state index contributed by atoms with van der Waals surface area (Å²) in [4.78, 5) is 56.2. The maximum Gasteiger partial charge on any atom is 0.327 e. The summed E-state index contributed by atoms with van der Waals surface area (Å²) in [6.07, 6.45) is 1.89. The Kier molecular flexibility index (Phi) is 6.17. The molecule has 3 atom stereocenters. The molecule has 33 heavy (non-hydrogen) atoms. The Morgan fingerprint density at radius 3 is 2.30 bits per heavy atom. The molecule has 3 aliphatic rings. The van der Waals surface area contributed by atoms with Crippen LogP contribution in [-0.4, -0.2) is 89.7 Å². The Labute approximate surface area is 194 Å². The maximum absolute atomic E-state index is 14.2. The predicted molar refractivity (Wildman–Crippen MR) is 123 cm³/mol. The molecule has 10 heteroatoms. The van der Waals surface area contributed by atoms with Crippen molar-refractivity contribution < 1.29 is 29.4 Å². The summed E-state index contributed by atoms with van der Waals surface area (Å²) in [7, 11) is -2.72. The molecule has 0 radical (unpaired) electrons. The number of amides is 3. The minimum atomic E-state index is -2.72. The van der Waals surface area contributed by atoms with E-state index in [1.807, 2.05) is 30.3 Å². The maximum atomic E-state index is 14.2. The summed E-state index contributed by atoms with van der Waals surface area (Å²) < 4.78 is -1.16. The molecule has 180 valence electrons. The highest BCUT2D eigenvalue weighted by molar-refractivity contribution is 8.46. The van der Waals surface area contributed by atoms with Crippen molar-refractivity contribution in [1.82, 2.24) is 14.7 Å². The molecule has 3 heterocycles. The van der Waals surface area contributed by atoms with E-state index in [1.165, 1.54) is 9.80 Å². The Hall–Kier alpha value is -2.59. The summed E-state index contributed by atoms with van der Waals surface area (Å²) >= 11 is 0. The number of hydrogen-bond acceptors (Lipinski definition) is 5. The van der Waals surface area contributed by atoms with Crippen molar-refractivity contribution in [3.63, 3.8) is 0 Å². The van der Waals surface area contributed by atoms with Crippen LogP contribution in [0.25, 0.3) is 0 Å². The molecule has 0 bridgehead atoms. The van der Waals surface area contributed by atoms with Crippen molar-refractivity contribution in [3.05, 3.63) is 35.9 Å². The lowest BCUT2D eigenvalue weighted by molar-refractivity contribution is -0.157. The number of carboxylic acid groups (broad SMARTS) is 1. The number of carbonyl (C=O) groups is 4. The first-order valence-corrected chi connectivity index (χ1v) is 13.1. The van der Waals surface area contributed by atoms with Crippen LogP contribution < -0.4 is 0 Å². The van der Waals surface area contributed by atoms with Crippen LogP contribution in [-0.2, 0) is 20.9 Å². The summed E-state index contributed by atoms with van der Waals surface area (Å²) in [5.41, 5.74) is 0.833. The van der Waals surface area contributed by atoms with Crippen molar-refractivity contribution in [2.24, 2.45) is 0 Å². The largest absolute Gasteiger partial charge is 0.480 e. The SMILES string of the molecule is CC1(C)[C@H](C(=O)O)N2C(=O)C[C@H]2S1(CO)C(=O)N(CC(=O)N1CCCC1)Cc1ccccc1. The highest BCUT2D eigenvalue weighted by Crippen LogP contribution is 2.74. The number of β-lactam (4-membered cyclic amide) rings is 1. The minimum Gasteiger partial charge on any atom is -0.480 e. The van der Waals surface area contributed by atoms with Gasteiger partial charge >= 0.3 is 5.97 Å². The van der Waals surface area contributed by atoms with Crippen molar-refractivity contribution in [2.45, 2.75) is 55.8 Å². The van der Waals surface area contributed by atoms with Gasteiger partial charge in [-0.25, -0.2) is 4.79 Å². The minimum absolute atomic E-state index is 0.0358. The van der Waals surface area contributed by atoms with Crippen LogP contribution in [0.5, 0.6) is 0 Å². The Bertz CT molecular complexity index is 964. The lowest BCUT2D eigenvalue weighted by Gasteiger charge is -2.51. The van der Waals surface area contributed by atoms with E-state index in [4.69, 9.17) is 0 Å². The molecular formula is C23H31N3O6S. The average Bonchev–Trinajstić information content (AvgIpc) is 3.36. The molecule has 2 N–H and O–H groups in total. The van der Waals surface area contributed by atoms with Crippen LogP contribution in [0, 0.1) is 0 Å². The van der Waals surface area contributed by atoms with Gasteiger partial charge in [-0.1, -0.05) is 30.3 Å². The van der Waals surface area contributed by atoms with E-state index < -0.39 is 43.3 Å². The number of hydrogen-bond donors (Lipinski definition) is 2. The predicted octanol–water partition coefficient (Wildman–Crippen LogP) is 1.79. The fourth-order valence-corrected chi connectivity index (χ4v) is 9.70. The van der Waals surface area contributed by atoms with E-state index in [1.54, 1.807) is 18.7 Å². The van der Waals surface area contributed by atoms with Crippen LogP contribution in [0.1, 0.15) is 38.7 Å². The van der Waals surface area contributed by atoms with Gasteiger partial charge in [0.1, 0.15) is 12.6 Å². The highest BCUT2D eigenvalue weighted by atomic mass is 32.3. The van der Waals surface area contributed by atoms with Gasteiger partial charge in [0.2, 0.25) is 11.8 Å². The highest BCUT2D eigenvalue weighted by Gasteiger charge is 2.72. The topological polar surface area (TPSA) is 118 Å². The molecule has 3 aliphatic heterocycles. The fourth-order valence-electron chi connectivity index (χ4n) is 5.45.